The van der Waals surface area contributed by atoms with Gasteiger partial charge in [0.2, 0.25) is 11.9 Å². The van der Waals surface area contributed by atoms with Crippen LogP contribution in [-0.2, 0) is 4.79 Å². The molecule has 0 radical (unpaired) electrons. The summed E-state index contributed by atoms with van der Waals surface area (Å²) in [5, 5.41) is 6.10. The predicted molar refractivity (Wildman–Crippen MR) is 109 cm³/mol. The van der Waals surface area contributed by atoms with Crippen LogP contribution in [0.3, 0.4) is 0 Å². The molecule has 2 N–H and O–H groups in total. The molecular weight excluding hydrogens is 352 g/mol. The molecule has 28 heavy (non-hydrogen) atoms. The van der Waals surface area contributed by atoms with Gasteiger partial charge in [0.15, 0.2) is 0 Å². The van der Waals surface area contributed by atoms with Crippen LogP contribution >= 0.6 is 0 Å². The summed E-state index contributed by atoms with van der Waals surface area (Å²) < 4.78 is 1.90. The van der Waals surface area contributed by atoms with Crippen molar-refractivity contribution in [3.8, 4) is 5.82 Å². The fraction of sp³-hybridized carbons (Fsp3) is 0.143. The van der Waals surface area contributed by atoms with Gasteiger partial charge in [-0.05, 0) is 36.8 Å². The van der Waals surface area contributed by atoms with E-state index >= 15 is 0 Å². The second-order valence-electron chi connectivity index (χ2n) is 6.51. The van der Waals surface area contributed by atoms with E-state index in [1.807, 2.05) is 47.0 Å². The van der Waals surface area contributed by atoms with Gasteiger partial charge in [-0.25, -0.2) is 9.97 Å². The quantitative estimate of drug-likeness (QED) is 0.554. The van der Waals surface area contributed by atoms with Crippen LogP contribution in [0.1, 0.15) is 25.5 Å². The van der Waals surface area contributed by atoms with Crippen LogP contribution in [0, 0.1) is 0 Å². The molecule has 7 heteroatoms. The molecule has 1 unspecified atom stereocenters. The smallest absolute Gasteiger partial charge is 0.225 e. The van der Waals surface area contributed by atoms with E-state index in [9.17, 15) is 4.79 Å². The average Bonchev–Trinajstić information content (AvgIpc) is 3.11. The van der Waals surface area contributed by atoms with Crippen LogP contribution in [0.2, 0.25) is 0 Å². The van der Waals surface area contributed by atoms with E-state index < -0.39 is 0 Å². The summed E-state index contributed by atoms with van der Waals surface area (Å²) in [6.45, 7) is 3.55. The van der Waals surface area contributed by atoms with Crippen LogP contribution in [0.25, 0.3) is 16.9 Å². The van der Waals surface area contributed by atoms with E-state index in [1.54, 1.807) is 12.5 Å². The molecule has 0 aliphatic heterocycles. The van der Waals surface area contributed by atoms with Crippen LogP contribution in [0.5, 0.6) is 0 Å². The zero-order valence-corrected chi connectivity index (χ0v) is 15.6. The first kappa shape index (κ1) is 17.7. The number of fused-ring (bicyclic) bond motifs is 1. The lowest BCUT2D eigenvalue weighted by Gasteiger charge is -2.14. The number of anilines is 2. The lowest BCUT2D eigenvalue weighted by atomic mass is 10.1. The average molecular weight is 372 g/mol. The normalized spacial score (nSPS) is 11.9. The molecule has 1 atom stereocenters. The minimum atomic E-state index is -0.113. The van der Waals surface area contributed by atoms with Crippen LogP contribution in [0.4, 0.5) is 11.6 Å². The Bertz CT molecular complexity index is 1120. The number of aromatic nitrogens is 4. The Morgan fingerprint density at radius 3 is 2.68 bits per heavy atom. The van der Waals surface area contributed by atoms with Gasteiger partial charge in [-0.3, -0.25) is 9.36 Å². The van der Waals surface area contributed by atoms with Gasteiger partial charge in [0.05, 0.1) is 17.1 Å². The molecule has 0 saturated carbocycles. The van der Waals surface area contributed by atoms with Crippen molar-refractivity contribution in [1.29, 1.82) is 0 Å². The summed E-state index contributed by atoms with van der Waals surface area (Å²) in [5.74, 6) is 1.15. The first-order chi connectivity index (χ1) is 13.6. The van der Waals surface area contributed by atoms with Crippen LogP contribution in [-0.4, -0.2) is 25.4 Å². The molecule has 4 aromatic rings. The number of hydrogen-bond acceptors (Lipinski definition) is 5. The summed E-state index contributed by atoms with van der Waals surface area (Å²) in [7, 11) is 0. The van der Waals surface area contributed by atoms with Gasteiger partial charge < -0.3 is 10.6 Å². The first-order valence-corrected chi connectivity index (χ1v) is 9.00. The first-order valence-electron chi connectivity index (χ1n) is 9.00. The molecule has 4 rings (SSSR count). The molecule has 2 heterocycles. The van der Waals surface area contributed by atoms with Crippen molar-refractivity contribution in [1.82, 2.24) is 19.5 Å². The molecule has 0 spiro atoms. The third-order valence-electron chi connectivity index (χ3n) is 4.40. The van der Waals surface area contributed by atoms with Gasteiger partial charge in [0.25, 0.3) is 0 Å². The van der Waals surface area contributed by atoms with Gasteiger partial charge in [-0.2, -0.15) is 4.98 Å². The van der Waals surface area contributed by atoms with Gasteiger partial charge in [0.1, 0.15) is 12.1 Å². The van der Waals surface area contributed by atoms with Gasteiger partial charge >= 0.3 is 0 Å². The highest BCUT2D eigenvalue weighted by Crippen LogP contribution is 2.22. The number of rotatable bonds is 5. The maximum Gasteiger partial charge on any atom is 0.225 e. The maximum atomic E-state index is 11.2. The Kier molecular flexibility index (Phi) is 4.72. The maximum absolute atomic E-state index is 11.2. The van der Waals surface area contributed by atoms with Gasteiger partial charge in [-0.1, -0.05) is 30.3 Å². The van der Waals surface area contributed by atoms with E-state index in [1.165, 1.54) is 6.92 Å². The third kappa shape index (κ3) is 3.68. The molecule has 0 bridgehead atoms. The summed E-state index contributed by atoms with van der Waals surface area (Å²) in [5.41, 5.74) is 3.55. The summed E-state index contributed by atoms with van der Waals surface area (Å²) in [6, 6.07) is 17.7. The van der Waals surface area contributed by atoms with Crippen LogP contribution in [0.15, 0.2) is 67.1 Å². The minimum Gasteiger partial charge on any atom is -0.348 e. The van der Waals surface area contributed by atoms with Crippen LogP contribution < -0.4 is 10.6 Å². The monoisotopic (exact) mass is 372 g/mol. The standard InChI is InChI=1S/C21H20N6O/c1-14(16-6-4-3-5-7-16)24-21-22-11-10-20(26-21)27-13-23-18-12-17(25-15(2)28)8-9-19(18)27/h3-14H,1-2H3,(H,25,28)(H,22,24,26). The van der Waals surface area contributed by atoms with Gasteiger partial charge in [0, 0.05) is 18.8 Å². The number of carbonyl (C=O) groups is 1. The Hall–Kier alpha value is -3.74. The number of nitrogens with zero attached hydrogens (tertiary/aromatic N) is 4. The van der Waals surface area contributed by atoms with Gasteiger partial charge in [-0.15, -0.1) is 0 Å². The number of benzene rings is 2. The van der Waals surface area contributed by atoms with Crippen molar-refractivity contribution in [2.75, 3.05) is 10.6 Å². The highest BCUT2D eigenvalue weighted by Gasteiger charge is 2.10. The zero-order valence-electron chi connectivity index (χ0n) is 15.6. The summed E-state index contributed by atoms with van der Waals surface area (Å²) in [4.78, 5) is 24.6. The van der Waals surface area contributed by atoms with Crippen molar-refractivity contribution < 1.29 is 4.79 Å². The molecule has 0 aliphatic carbocycles. The third-order valence-corrected chi connectivity index (χ3v) is 4.40. The molecule has 1 amide bonds. The Morgan fingerprint density at radius 1 is 1.07 bits per heavy atom. The number of amides is 1. The molecular formula is C21H20N6O. The van der Waals surface area contributed by atoms with Crippen molar-refractivity contribution in [2.45, 2.75) is 19.9 Å². The number of imidazole rings is 1. The Balaban J connectivity index is 1.61. The fourth-order valence-corrected chi connectivity index (χ4v) is 3.05. The predicted octanol–water partition coefficient (Wildman–Crippen LogP) is 3.95. The molecule has 0 fully saturated rings. The lowest BCUT2D eigenvalue weighted by Crippen LogP contribution is -2.10. The second kappa shape index (κ2) is 7.48. The SMILES string of the molecule is CC(=O)Nc1ccc2c(c1)ncn2-c1ccnc(NC(C)c2ccccc2)n1. The number of nitrogens with one attached hydrogen (secondary N) is 2. The molecule has 0 aliphatic rings. The van der Waals surface area contributed by atoms with E-state index in [0.29, 0.717) is 17.5 Å². The van der Waals surface area contributed by atoms with E-state index in [0.717, 1.165) is 16.6 Å². The fourth-order valence-electron chi connectivity index (χ4n) is 3.05. The second-order valence-corrected chi connectivity index (χ2v) is 6.51. The Labute approximate surface area is 162 Å². The van der Waals surface area contributed by atoms with E-state index in [4.69, 9.17) is 0 Å². The topological polar surface area (TPSA) is 84.7 Å². The zero-order chi connectivity index (χ0) is 19.5. The highest BCUT2D eigenvalue weighted by molar-refractivity contribution is 5.91. The summed E-state index contributed by atoms with van der Waals surface area (Å²) >= 11 is 0. The van der Waals surface area contributed by atoms with Crippen molar-refractivity contribution >= 4 is 28.6 Å². The van der Waals surface area contributed by atoms with Crippen molar-refractivity contribution in [3.63, 3.8) is 0 Å². The van der Waals surface area contributed by atoms with E-state index in [2.05, 4.69) is 44.6 Å². The molecule has 7 nitrogen and oxygen atoms in total. The number of hydrogen-bond donors (Lipinski definition) is 2. The number of carbonyl (C=O) groups excluding carboxylic acids is 1. The molecule has 2 aromatic carbocycles. The molecule has 140 valence electrons. The Morgan fingerprint density at radius 2 is 1.89 bits per heavy atom. The summed E-state index contributed by atoms with van der Waals surface area (Å²) in [6.07, 6.45) is 3.44. The highest BCUT2D eigenvalue weighted by atomic mass is 16.1. The van der Waals surface area contributed by atoms with E-state index in [-0.39, 0.29) is 11.9 Å². The lowest BCUT2D eigenvalue weighted by molar-refractivity contribution is -0.114. The van der Waals surface area contributed by atoms with Crippen molar-refractivity contribution in [2.24, 2.45) is 0 Å². The van der Waals surface area contributed by atoms with Crippen molar-refractivity contribution in [3.05, 3.63) is 72.7 Å². The minimum absolute atomic E-state index is 0.0798. The largest absolute Gasteiger partial charge is 0.348 e. The molecule has 2 aromatic heterocycles. The molecule has 0 saturated heterocycles.